The fraction of sp³-hybridized carbons (Fsp3) is 0. The average Bonchev–Trinajstić information content (AvgIpc) is 2.81. The van der Waals surface area contributed by atoms with E-state index < -0.39 is 7.37 Å². The quantitative estimate of drug-likeness (QED) is 0.440. The second-order valence-electron chi connectivity index (χ2n) is 6.63. The minimum atomic E-state index is -3.48. The van der Waals surface area contributed by atoms with Crippen LogP contribution in [0, 0.1) is 0 Å². The Morgan fingerprint density at radius 2 is 1.10 bits per heavy atom. The van der Waals surface area contributed by atoms with Gasteiger partial charge in [0.05, 0.1) is 16.2 Å². The molecule has 0 fully saturated rings. The van der Waals surface area contributed by atoms with Gasteiger partial charge in [0, 0.05) is 5.69 Å². The zero-order valence-electron chi connectivity index (χ0n) is 16.1. The summed E-state index contributed by atoms with van der Waals surface area (Å²) in [5.74, 6) is -0.0635. The van der Waals surface area contributed by atoms with Crippen molar-refractivity contribution in [2.45, 2.75) is 0 Å². The van der Waals surface area contributed by atoms with Crippen LogP contribution in [0.15, 0.2) is 115 Å². The van der Waals surface area contributed by atoms with Crippen molar-refractivity contribution in [1.29, 1.82) is 0 Å². The molecule has 0 saturated carbocycles. The predicted octanol–water partition coefficient (Wildman–Crippen LogP) is 5.25. The van der Waals surface area contributed by atoms with E-state index in [2.05, 4.69) is 5.32 Å². The van der Waals surface area contributed by atoms with Gasteiger partial charge in [-0.2, -0.15) is 0 Å². The van der Waals surface area contributed by atoms with E-state index in [0.29, 0.717) is 21.9 Å². The van der Waals surface area contributed by atoms with Gasteiger partial charge in [-0.05, 0) is 48.5 Å². The van der Waals surface area contributed by atoms with Gasteiger partial charge in [-0.3, -0.25) is 9.36 Å². The highest BCUT2D eigenvalue weighted by atomic mass is 31.2. The van der Waals surface area contributed by atoms with Crippen LogP contribution in [0.1, 0.15) is 10.4 Å². The van der Waals surface area contributed by atoms with Crippen molar-refractivity contribution in [3.8, 4) is 5.75 Å². The van der Waals surface area contributed by atoms with E-state index in [0.717, 1.165) is 0 Å². The summed E-state index contributed by atoms with van der Waals surface area (Å²) in [6, 6.07) is 34.1. The van der Waals surface area contributed by atoms with Gasteiger partial charge in [0.25, 0.3) is 5.91 Å². The summed E-state index contributed by atoms with van der Waals surface area (Å²) in [6.45, 7) is 0. The fourth-order valence-electron chi connectivity index (χ4n) is 3.10. The molecular weight excluding hydrogens is 393 g/mol. The molecule has 0 spiro atoms. The van der Waals surface area contributed by atoms with Crippen LogP contribution >= 0.6 is 7.37 Å². The molecule has 30 heavy (non-hydrogen) atoms. The third kappa shape index (κ3) is 4.19. The number of amides is 1. The second-order valence-corrected chi connectivity index (χ2v) is 8.95. The van der Waals surface area contributed by atoms with E-state index in [1.54, 1.807) is 60.7 Å². The van der Waals surface area contributed by atoms with E-state index in [9.17, 15) is 9.36 Å². The van der Waals surface area contributed by atoms with Crippen LogP contribution in [0.25, 0.3) is 0 Å². The molecule has 4 rings (SSSR count). The number of para-hydroxylation sites is 2. The summed E-state index contributed by atoms with van der Waals surface area (Å²) in [5, 5.41) is 3.98. The van der Waals surface area contributed by atoms with E-state index in [-0.39, 0.29) is 11.7 Å². The Kier molecular flexibility index (Phi) is 5.78. The highest BCUT2D eigenvalue weighted by Gasteiger charge is 2.31. The maximum absolute atomic E-state index is 14.2. The Morgan fingerprint density at radius 3 is 1.67 bits per heavy atom. The molecule has 0 radical (unpaired) electrons. The van der Waals surface area contributed by atoms with E-state index in [4.69, 9.17) is 4.52 Å². The van der Waals surface area contributed by atoms with Crippen LogP contribution in [-0.4, -0.2) is 5.91 Å². The van der Waals surface area contributed by atoms with Gasteiger partial charge in [-0.1, -0.05) is 66.7 Å². The topological polar surface area (TPSA) is 55.4 Å². The van der Waals surface area contributed by atoms with E-state index >= 15 is 0 Å². The largest absolute Gasteiger partial charge is 0.436 e. The van der Waals surface area contributed by atoms with Crippen molar-refractivity contribution in [2.75, 3.05) is 5.32 Å². The maximum Gasteiger partial charge on any atom is 0.306 e. The van der Waals surface area contributed by atoms with Crippen LogP contribution < -0.4 is 20.4 Å². The number of hydrogen-bond acceptors (Lipinski definition) is 3. The number of benzene rings is 4. The molecule has 0 aliphatic heterocycles. The van der Waals surface area contributed by atoms with Crippen molar-refractivity contribution in [2.24, 2.45) is 0 Å². The normalized spacial score (nSPS) is 10.9. The van der Waals surface area contributed by atoms with Crippen molar-refractivity contribution in [1.82, 2.24) is 0 Å². The zero-order valence-corrected chi connectivity index (χ0v) is 17.0. The molecule has 1 amide bonds. The van der Waals surface area contributed by atoms with Crippen LogP contribution in [0.5, 0.6) is 5.75 Å². The summed E-state index contributed by atoms with van der Waals surface area (Å²) < 4.78 is 20.3. The number of hydrogen-bond donors (Lipinski definition) is 1. The predicted molar refractivity (Wildman–Crippen MR) is 121 cm³/mol. The summed E-state index contributed by atoms with van der Waals surface area (Å²) >= 11 is 0. The monoisotopic (exact) mass is 413 g/mol. The summed E-state index contributed by atoms with van der Waals surface area (Å²) in [5.41, 5.74) is 0.986. The van der Waals surface area contributed by atoms with Gasteiger partial charge in [-0.25, -0.2) is 0 Å². The first-order valence-electron chi connectivity index (χ1n) is 9.53. The van der Waals surface area contributed by atoms with Gasteiger partial charge in [0.1, 0.15) is 5.75 Å². The first kappa shape index (κ1) is 19.7. The molecule has 0 aliphatic carbocycles. The molecule has 0 unspecified atom stereocenters. The second kappa shape index (κ2) is 8.81. The maximum atomic E-state index is 14.2. The van der Waals surface area contributed by atoms with Gasteiger partial charge in [-0.15, -0.1) is 0 Å². The van der Waals surface area contributed by atoms with Crippen LogP contribution in [-0.2, 0) is 4.57 Å². The number of rotatable bonds is 6. The average molecular weight is 413 g/mol. The molecule has 0 saturated heterocycles. The Bertz CT molecular complexity index is 1140. The Labute approximate surface area is 175 Å². The molecule has 0 aliphatic rings. The Morgan fingerprint density at radius 1 is 0.633 bits per heavy atom. The SMILES string of the molecule is O=C(Nc1ccccc1)c1ccccc1OP(=O)(c1ccccc1)c1ccccc1. The van der Waals surface area contributed by atoms with Crippen molar-refractivity contribution in [3.63, 3.8) is 0 Å². The van der Waals surface area contributed by atoms with E-state index in [1.165, 1.54) is 0 Å². The van der Waals surface area contributed by atoms with Gasteiger partial charge in [0.15, 0.2) is 0 Å². The number of carbonyl (C=O) groups excluding carboxylic acids is 1. The lowest BCUT2D eigenvalue weighted by atomic mass is 10.2. The van der Waals surface area contributed by atoms with Gasteiger partial charge < -0.3 is 9.84 Å². The van der Waals surface area contributed by atoms with Gasteiger partial charge in [0.2, 0.25) is 0 Å². The molecule has 1 N–H and O–H groups in total. The third-order valence-electron chi connectivity index (χ3n) is 4.58. The first-order chi connectivity index (χ1) is 14.7. The lowest BCUT2D eigenvalue weighted by Crippen LogP contribution is -2.21. The number of nitrogens with one attached hydrogen (secondary N) is 1. The van der Waals surface area contributed by atoms with Crippen LogP contribution in [0.3, 0.4) is 0 Å². The molecule has 0 heterocycles. The minimum Gasteiger partial charge on any atom is -0.436 e. The molecule has 5 heteroatoms. The Hall–Kier alpha value is -3.62. The molecule has 4 nitrogen and oxygen atoms in total. The number of anilines is 1. The molecule has 4 aromatic rings. The first-order valence-corrected chi connectivity index (χ1v) is 11.2. The molecule has 0 atom stereocenters. The smallest absolute Gasteiger partial charge is 0.306 e. The lowest BCUT2D eigenvalue weighted by molar-refractivity contribution is 0.102. The molecule has 0 aromatic heterocycles. The molecule has 4 aromatic carbocycles. The van der Waals surface area contributed by atoms with Crippen molar-refractivity contribution < 1.29 is 13.9 Å². The lowest BCUT2D eigenvalue weighted by Gasteiger charge is -2.22. The summed E-state index contributed by atoms with van der Waals surface area (Å²) in [4.78, 5) is 12.9. The van der Waals surface area contributed by atoms with Gasteiger partial charge >= 0.3 is 7.37 Å². The van der Waals surface area contributed by atoms with E-state index in [1.807, 2.05) is 54.6 Å². The molecule has 148 valence electrons. The van der Waals surface area contributed by atoms with Crippen LogP contribution in [0.2, 0.25) is 0 Å². The summed E-state index contributed by atoms with van der Waals surface area (Å²) in [6.07, 6.45) is 0. The Balaban J connectivity index is 1.73. The third-order valence-corrected chi connectivity index (χ3v) is 6.99. The highest BCUT2D eigenvalue weighted by Crippen LogP contribution is 2.46. The highest BCUT2D eigenvalue weighted by molar-refractivity contribution is 7.74. The standard InChI is InChI=1S/C25H20NO3P/c27-25(26-20-12-4-1-5-13-20)23-18-10-11-19-24(23)29-30(28,21-14-6-2-7-15-21)22-16-8-3-9-17-22/h1-19H,(H,26,27). The molecule has 0 bridgehead atoms. The minimum absolute atomic E-state index is 0.266. The zero-order chi connectivity index (χ0) is 20.8. The summed E-state index contributed by atoms with van der Waals surface area (Å²) in [7, 11) is -3.48. The molecular formula is C25H20NO3P. The fourth-order valence-corrected chi connectivity index (χ4v) is 5.17. The van der Waals surface area contributed by atoms with Crippen LogP contribution in [0.4, 0.5) is 5.69 Å². The number of carbonyl (C=O) groups is 1. The van der Waals surface area contributed by atoms with Crippen molar-refractivity contribution >= 4 is 29.6 Å². The van der Waals surface area contributed by atoms with Crippen molar-refractivity contribution in [3.05, 3.63) is 121 Å².